The number of benzene rings is 1. The topological polar surface area (TPSA) is 54.5 Å². The number of imidazole rings is 1. The van der Waals surface area contributed by atoms with Crippen LogP contribution in [0.25, 0.3) is 11.2 Å². The van der Waals surface area contributed by atoms with Crippen LogP contribution in [0.4, 0.5) is 8.78 Å². The number of rotatable bonds is 2. The van der Waals surface area contributed by atoms with Gasteiger partial charge in [0.15, 0.2) is 17.3 Å². The number of nitrogens with zero attached hydrogens (tertiary/aromatic N) is 3. The van der Waals surface area contributed by atoms with Crippen LogP contribution in [0.15, 0.2) is 30.7 Å². The van der Waals surface area contributed by atoms with Crippen molar-refractivity contribution in [1.82, 2.24) is 19.9 Å². The Kier molecular flexibility index (Phi) is 2.47. The van der Waals surface area contributed by atoms with E-state index < -0.39 is 11.6 Å². The van der Waals surface area contributed by atoms with E-state index in [1.165, 1.54) is 12.4 Å². The molecule has 0 saturated heterocycles. The monoisotopic (exact) mass is 246 g/mol. The standard InChI is InChI=1S/C12H8F2N4/c13-8-2-1-7(3-9(8)14)4-11-17-10-5-15-6-16-12(10)18-11/h1-3,5-6H,4H2,(H,15,16,17,18). The third-order valence-corrected chi connectivity index (χ3v) is 2.57. The molecule has 0 unspecified atom stereocenters. The fourth-order valence-corrected chi connectivity index (χ4v) is 1.74. The number of nitrogens with one attached hydrogen (secondary N) is 1. The molecule has 2 aromatic heterocycles. The quantitative estimate of drug-likeness (QED) is 0.754. The largest absolute Gasteiger partial charge is 0.339 e. The molecule has 0 aliphatic heterocycles. The van der Waals surface area contributed by atoms with E-state index in [0.29, 0.717) is 23.5 Å². The first-order valence-electron chi connectivity index (χ1n) is 5.31. The van der Waals surface area contributed by atoms with E-state index in [4.69, 9.17) is 0 Å². The maximum Gasteiger partial charge on any atom is 0.180 e. The van der Waals surface area contributed by atoms with Crippen LogP contribution in [-0.4, -0.2) is 19.9 Å². The molecule has 90 valence electrons. The van der Waals surface area contributed by atoms with Crippen molar-refractivity contribution in [2.75, 3.05) is 0 Å². The number of halogens is 2. The molecule has 0 aliphatic rings. The van der Waals surface area contributed by atoms with E-state index in [1.807, 2.05) is 0 Å². The minimum atomic E-state index is -0.858. The molecule has 18 heavy (non-hydrogen) atoms. The average molecular weight is 246 g/mol. The lowest BCUT2D eigenvalue weighted by molar-refractivity contribution is 0.507. The first-order chi connectivity index (χ1) is 8.72. The second kappa shape index (κ2) is 4.14. The summed E-state index contributed by atoms with van der Waals surface area (Å²) < 4.78 is 25.8. The third-order valence-electron chi connectivity index (χ3n) is 2.57. The summed E-state index contributed by atoms with van der Waals surface area (Å²) in [5, 5.41) is 0. The first kappa shape index (κ1) is 10.8. The van der Waals surface area contributed by atoms with Gasteiger partial charge in [-0.05, 0) is 17.7 Å². The van der Waals surface area contributed by atoms with Crippen LogP contribution >= 0.6 is 0 Å². The molecule has 2 heterocycles. The van der Waals surface area contributed by atoms with Crippen LogP contribution in [-0.2, 0) is 6.42 Å². The highest BCUT2D eigenvalue weighted by molar-refractivity contribution is 5.68. The second-order valence-corrected chi connectivity index (χ2v) is 3.87. The average Bonchev–Trinajstić information content (AvgIpc) is 2.76. The van der Waals surface area contributed by atoms with Gasteiger partial charge in [-0.3, -0.25) is 0 Å². The molecule has 1 N–H and O–H groups in total. The predicted octanol–water partition coefficient (Wildman–Crippen LogP) is 2.22. The minimum absolute atomic E-state index is 0.383. The lowest BCUT2D eigenvalue weighted by atomic mass is 10.1. The van der Waals surface area contributed by atoms with Gasteiger partial charge >= 0.3 is 0 Å². The first-order valence-corrected chi connectivity index (χ1v) is 5.31. The summed E-state index contributed by atoms with van der Waals surface area (Å²) in [5.74, 6) is -1.07. The summed E-state index contributed by atoms with van der Waals surface area (Å²) in [6, 6.07) is 3.79. The van der Waals surface area contributed by atoms with Crippen molar-refractivity contribution in [2.45, 2.75) is 6.42 Å². The van der Waals surface area contributed by atoms with Crippen molar-refractivity contribution in [1.29, 1.82) is 0 Å². The van der Waals surface area contributed by atoms with E-state index in [1.54, 1.807) is 6.20 Å². The van der Waals surface area contributed by atoms with E-state index in [-0.39, 0.29) is 0 Å². The summed E-state index contributed by atoms with van der Waals surface area (Å²) in [4.78, 5) is 15.1. The van der Waals surface area contributed by atoms with Crippen LogP contribution < -0.4 is 0 Å². The van der Waals surface area contributed by atoms with Gasteiger partial charge in [-0.15, -0.1) is 0 Å². The Bertz CT molecular complexity index is 675. The summed E-state index contributed by atoms with van der Waals surface area (Å²) in [5.41, 5.74) is 1.92. The molecule has 4 nitrogen and oxygen atoms in total. The molecule has 0 spiro atoms. The normalized spacial score (nSPS) is 11.0. The number of H-pyrrole nitrogens is 1. The summed E-state index contributed by atoms with van der Waals surface area (Å²) in [6.45, 7) is 0. The molecule has 0 amide bonds. The fraction of sp³-hybridized carbons (Fsp3) is 0.0833. The van der Waals surface area contributed by atoms with E-state index in [9.17, 15) is 8.78 Å². The number of aromatic amines is 1. The van der Waals surface area contributed by atoms with Gasteiger partial charge in [-0.25, -0.2) is 23.7 Å². The molecule has 0 aliphatic carbocycles. The molecule has 0 bridgehead atoms. The van der Waals surface area contributed by atoms with Gasteiger partial charge in [0.2, 0.25) is 0 Å². The van der Waals surface area contributed by atoms with Crippen LogP contribution in [0.3, 0.4) is 0 Å². The Balaban J connectivity index is 1.93. The number of fused-ring (bicyclic) bond motifs is 1. The van der Waals surface area contributed by atoms with E-state index in [2.05, 4.69) is 19.9 Å². The predicted molar refractivity (Wildman–Crippen MR) is 60.8 cm³/mol. The smallest absolute Gasteiger partial charge is 0.180 e. The minimum Gasteiger partial charge on any atom is -0.339 e. The van der Waals surface area contributed by atoms with Crippen LogP contribution in [0.2, 0.25) is 0 Å². The van der Waals surface area contributed by atoms with Crippen LogP contribution in [0.1, 0.15) is 11.4 Å². The molecular weight excluding hydrogens is 238 g/mol. The van der Waals surface area contributed by atoms with Crippen molar-refractivity contribution in [2.24, 2.45) is 0 Å². The van der Waals surface area contributed by atoms with Crippen LogP contribution in [0, 0.1) is 11.6 Å². The lowest BCUT2D eigenvalue weighted by Crippen LogP contribution is -1.93. The van der Waals surface area contributed by atoms with Crippen molar-refractivity contribution in [3.63, 3.8) is 0 Å². The molecule has 3 rings (SSSR count). The number of hydrogen-bond donors (Lipinski definition) is 1. The second-order valence-electron chi connectivity index (χ2n) is 3.87. The van der Waals surface area contributed by atoms with Gasteiger partial charge in [-0.2, -0.15) is 0 Å². The van der Waals surface area contributed by atoms with E-state index >= 15 is 0 Å². The van der Waals surface area contributed by atoms with Crippen LogP contribution in [0.5, 0.6) is 0 Å². The Hall–Kier alpha value is -2.37. The van der Waals surface area contributed by atoms with Crippen molar-refractivity contribution < 1.29 is 8.78 Å². The maximum atomic E-state index is 13.1. The molecule has 3 aromatic rings. The zero-order valence-corrected chi connectivity index (χ0v) is 9.19. The Morgan fingerprint density at radius 3 is 2.83 bits per heavy atom. The summed E-state index contributed by atoms with van der Waals surface area (Å²) in [7, 11) is 0. The van der Waals surface area contributed by atoms with E-state index in [0.717, 1.165) is 17.6 Å². The van der Waals surface area contributed by atoms with Crippen molar-refractivity contribution in [3.8, 4) is 0 Å². The zero-order chi connectivity index (χ0) is 12.5. The highest BCUT2D eigenvalue weighted by Crippen LogP contribution is 2.13. The number of hydrogen-bond acceptors (Lipinski definition) is 3. The van der Waals surface area contributed by atoms with Gasteiger partial charge < -0.3 is 4.98 Å². The Morgan fingerprint density at radius 1 is 1.17 bits per heavy atom. The van der Waals surface area contributed by atoms with Crippen molar-refractivity contribution in [3.05, 3.63) is 53.7 Å². The maximum absolute atomic E-state index is 13.1. The molecule has 0 atom stereocenters. The Morgan fingerprint density at radius 2 is 2.06 bits per heavy atom. The van der Waals surface area contributed by atoms with Gasteiger partial charge in [0.1, 0.15) is 17.7 Å². The summed E-state index contributed by atoms with van der Waals surface area (Å²) >= 11 is 0. The highest BCUT2D eigenvalue weighted by atomic mass is 19.2. The van der Waals surface area contributed by atoms with Crippen molar-refractivity contribution >= 4 is 11.2 Å². The van der Waals surface area contributed by atoms with Gasteiger partial charge in [0, 0.05) is 6.42 Å². The molecule has 0 saturated carbocycles. The van der Waals surface area contributed by atoms with Gasteiger partial charge in [0.25, 0.3) is 0 Å². The molecule has 0 fully saturated rings. The molecular formula is C12H8F2N4. The highest BCUT2D eigenvalue weighted by Gasteiger charge is 2.07. The SMILES string of the molecule is Fc1ccc(Cc2nc3ncncc3[nH]2)cc1F. The molecule has 0 radical (unpaired) electrons. The lowest BCUT2D eigenvalue weighted by Gasteiger charge is -1.99. The number of aromatic nitrogens is 4. The fourth-order valence-electron chi connectivity index (χ4n) is 1.74. The van der Waals surface area contributed by atoms with Gasteiger partial charge in [0.05, 0.1) is 6.20 Å². The summed E-state index contributed by atoms with van der Waals surface area (Å²) in [6.07, 6.45) is 3.40. The Labute approximate surface area is 101 Å². The molecule has 1 aromatic carbocycles. The third kappa shape index (κ3) is 1.92. The molecule has 6 heteroatoms. The zero-order valence-electron chi connectivity index (χ0n) is 9.19. The van der Waals surface area contributed by atoms with Gasteiger partial charge in [-0.1, -0.05) is 6.07 Å².